The summed E-state index contributed by atoms with van der Waals surface area (Å²) < 4.78 is 1.47. The van der Waals surface area contributed by atoms with Gasteiger partial charge >= 0.3 is 5.97 Å². The Morgan fingerprint density at radius 1 is 1.47 bits per heavy atom. The Hall–Kier alpha value is -2.21. The number of pyridine rings is 1. The van der Waals surface area contributed by atoms with Gasteiger partial charge in [0.05, 0.1) is 12.1 Å². The molecular weight excluding hydrogens is 246 g/mol. The first-order valence-electron chi connectivity index (χ1n) is 5.94. The van der Waals surface area contributed by atoms with E-state index in [1.54, 1.807) is 25.4 Å². The number of aliphatic carboxylic acids is 1. The largest absolute Gasteiger partial charge is 0.481 e. The Bertz CT molecular complexity index is 651. The zero-order valence-corrected chi connectivity index (χ0v) is 10.6. The van der Waals surface area contributed by atoms with Crippen molar-refractivity contribution < 1.29 is 9.90 Å². The summed E-state index contributed by atoms with van der Waals surface area (Å²) in [5, 5.41) is 8.62. The Balaban J connectivity index is 2.17. The lowest BCUT2D eigenvalue weighted by Crippen LogP contribution is -2.24. The molecule has 2 aromatic rings. The fraction of sp³-hybridized carbons (Fsp3) is 0.308. The Morgan fingerprint density at radius 2 is 2.26 bits per heavy atom. The van der Waals surface area contributed by atoms with Crippen molar-refractivity contribution >= 4 is 11.6 Å². The molecule has 19 heavy (non-hydrogen) atoms. The van der Waals surface area contributed by atoms with Gasteiger partial charge in [0.2, 0.25) is 0 Å². The SMILES string of the molecule is CN(CCC(=O)O)Cc1cc(=O)n2ccccc2n1. The minimum absolute atomic E-state index is 0.0725. The van der Waals surface area contributed by atoms with E-state index >= 15 is 0 Å². The Kier molecular flexibility index (Phi) is 3.91. The maximum absolute atomic E-state index is 11.9. The van der Waals surface area contributed by atoms with Gasteiger partial charge in [0.1, 0.15) is 5.65 Å². The van der Waals surface area contributed by atoms with Crippen LogP contribution in [0.2, 0.25) is 0 Å². The van der Waals surface area contributed by atoms with Gasteiger partial charge in [0.15, 0.2) is 0 Å². The van der Waals surface area contributed by atoms with Gasteiger partial charge in [-0.2, -0.15) is 0 Å². The second kappa shape index (κ2) is 5.62. The summed E-state index contributed by atoms with van der Waals surface area (Å²) in [5.41, 5.74) is 1.10. The number of aromatic nitrogens is 2. The number of fused-ring (bicyclic) bond motifs is 1. The first-order chi connectivity index (χ1) is 9.06. The van der Waals surface area contributed by atoms with Crippen LogP contribution in [0.5, 0.6) is 0 Å². The van der Waals surface area contributed by atoms with Crippen LogP contribution >= 0.6 is 0 Å². The molecule has 0 aliphatic rings. The van der Waals surface area contributed by atoms with Crippen LogP contribution in [0, 0.1) is 0 Å². The third-order valence-corrected chi connectivity index (χ3v) is 2.76. The molecule has 0 bridgehead atoms. The molecule has 0 aliphatic heterocycles. The summed E-state index contributed by atoms with van der Waals surface area (Å²) in [6.45, 7) is 0.874. The topological polar surface area (TPSA) is 74.9 Å². The van der Waals surface area contributed by atoms with Gasteiger partial charge in [0.25, 0.3) is 5.56 Å². The summed E-state index contributed by atoms with van der Waals surface area (Å²) >= 11 is 0. The highest BCUT2D eigenvalue weighted by atomic mass is 16.4. The molecule has 0 saturated carbocycles. The maximum Gasteiger partial charge on any atom is 0.304 e. The molecule has 0 atom stereocenters. The molecule has 2 rings (SSSR count). The van der Waals surface area contributed by atoms with Crippen LogP contribution < -0.4 is 5.56 Å². The van der Waals surface area contributed by atoms with Crippen molar-refractivity contribution in [2.45, 2.75) is 13.0 Å². The lowest BCUT2D eigenvalue weighted by Gasteiger charge is -2.14. The average Bonchev–Trinajstić information content (AvgIpc) is 2.36. The standard InChI is InChI=1S/C13H15N3O3/c1-15(7-5-13(18)19)9-10-8-12(17)16-6-3-2-4-11(16)14-10/h2-4,6,8H,5,7,9H2,1H3,(H,18,19). The number of rotatable bonds is 5. The lowest BCUT2D eigenvalue weighted by atomic mass is 10.3. The minimum Gasteiger partial charge on any atom is -0.481 e. The third kappa shape index (κ3) is 3.38. The summed E-state index contributed by atoms with van der Waals surface area (Å²) in [6, 6.07) is 6.83. The fourth-order valence-corrected chi connectivity index (χ4v) is 1.83. The normalized spacial score (nSPS) is 11.1. The Labute approximate surface area is 109 Å². The number of carboxylic acid groups (broad SMARTS) is 1. The van der Waals surface area contributed by atoms with E-state index in [9.17, 15) is 9.59 Å². The quantitative estimate of drug-likeness (QED) is 0.853. The zero-order valence-electron chi connectivity index (χ0n) is 10.6. The molecule has 0 amide bonds. The van der Waals surface area contributed by atoms with Gasteiger partial charge in [-0.05, 0) is 19.2 Å². The molecule has 0 unspecified atom stereocenters. The van der Waals surface area contributed by atoms with Gasteiger partial charge < -0.3 is 5.11 Å². The molecule has 100 valence electrons. The van der Waals surface area contributed by atoms with Crippen LogP contribution in [-0.4, -0.2) is 39.0 Å². The predicted molar refractivity (Wildman–Crippen MR) is 70.0 cm³/mol. The van der Waals surface area contributed by atoms with E-state index < -0.39 is 5.97 Å². The minimum atomic E-state index is -0.835. The number of hydrogen-bond acceptors (Lipinski definition) is 4. The first-order valence-corrected chi connectivity index (χ1v) is 5.94. The van der Waals surface area contributed by atoms with Crippen molar-refractivity contribution in [3.05, 3.63) is 46.5 Å². The van der Waals surface area contributed by atoms with Crippen LogP contribution in [0.15, 0.2) is 35.3 Å². The lowest BCUT2D eigenvalue weighted by molar-refractivity contribution is -0.137. The smallest absolute Gasteiger partial charge is 0.304 e. The van der Waals surface area contributed by atoms with Crippen molar-refractivity contribution in [1.29, 1.82) is 0 Å². The zero-order chi connectivity index (χ0) is 13.8. The highest BCUT2D eigenvalue weighted by molar-refractivity contribution is 5.66. The molecule has 6 nitrogen and oxygen atoms in total. The van der Waals surface area contributed by atoms with Crippen molar-refractivity contribution in [1.82, 2.24) is 14.3 Å². The van der Waals surface area contributed by atoms with E-state index in [0.29, 0.717) is 24.4 Å². The van der Waals surface area contributed by atoms with Crippen LogP contribution in [0.4, 0.5) is 0 Å². The molecule has 0 aliphatic carbocycles. The van der Waals surface area contributed by atoms with E-state index in [-0.39, 0.29) is 12.0 Å². The van der Waals surface area contributed by atoms with Crippen LogP contribution in [0.3, 0.4) is 0 Å². The summed E-state index contributed by atoms with van der Waals surface area (Å²) in [6.07, 6.45) is 1.74. The number of hydrogen-bond donors (Lipinski definition) is 1. The van der Waals surface area contributed by atoms with Crippen LogP contribution in [0.25, 0.3) is 5.65 Å². The molecule has 0 radical (unpaired) electrons. The van der Waals surface area contributed by atoms with E-state index in [4.69, 9.17) is 5.11 Å². The summed E-state index contributed by atoms with van der Waals surface area (Å²) in [7, 11) is 1.80. The molecule has 6 heteroatoms. The summed E-state index contributed by atoms with van der Waals surface area (Å²) in [5.74, 6) is -0.835. The summed E-state index contributed by atoms with van der Waals surface area (Å²) in [4.78, 5) is 28.6. The van der Waals surface area contributed by atoms with Crippen molar-refractivity contribution in [3.8, 4) is 0 Å². The van der Waals surface area contributed by atoms with E-state index in [1.807, 2.05) is 11.0 Å². The van der Waals surface area contributed by atoms with Gasteiger partial charge in [0, 0.05) is 25.4 Å². The average molecular weight is 261 g/mol. The molecule has 0 fully saturated rings. The second-order valence-electron chi connectivity index (χ2n) is 4.40. The molecule has 0 saturated heterocycles. The van der Waals surface area contributed by atoms with Gasteiger partial charge in [-0.1, -0.05) is 6.07 Å². The second-order valence-corrected chi connectivity index (χ2v) is 4.40. The molecular formula is C13H15N3O3. The molecule has 0 spiro atoms. The third-order valence-electron chi connectivity index (χ3n) is 2.76. The Morgan fingerprint density at radius 3 is 3.00 bits per heavy atom. The molecule has 2 aromatic heterocycles. The van der Waals surface area contributed by atoms with Crippen molar-refractivity contribution in [3.63, 3.8) is 0 Å². The highest BCUT2D eigenvalue weighted by Gasteiger charge is 2.06. The first kappa shape index (κ1) is 13.2. The number of carboxylic acids is 1. The van der Waals surface area contributed by atoms with Gasteiger partial charge in [-0.15, -0.1) is 0 Å². The number of carbonyl (C=O) groups is 1. The van der Waals surface area contributed by atoms with Crippen LogP contribution in [0.1, 0.15) is 12.1 Å². The van der Waals surface area contributed by atoms with E-state index in [1.165, 1.54) is 10.5 Å². The van der Waals surface area contributed by atoms with E-state index in [2.05, 4.69) is 4.98 Å². The fourth-order valence-electron chi connectivity index (χ4n) is 1.83. The predicted octanol–water partition coefficient (Wildman–Crippen LogP) is 0.601. The van der Waals surface area contributed by atoms with E-state index in [0.717, 1.165) is 0 Å². The molecule has 1 N–H and O–H groups in total. The van der Waals surface area contributed by atoms with Crippen molar-refractivity contribution in [2.75, 3.05) is 13.6 Å². The van der Waals surface area contributed by atoms with Crippen LogP contribution in [-0.2, 0) is 11.3 Å². The maximum atomic E-state index is 11.9. The highest BCUT2D eigenvalue weighted by Crippen LogP contribution is 2.02. The molecule has 2 heterocycles. The van der Waals surface area contributed by atoms with Gasteiger partial charge in [-0.3, -0.25) is 18.9 Å². The number of nitrogens with zero attached hydrogens (tertiary/aromatic N) is 3. The molecule has 0 aromatic carbocycles. The van der Waals surface area contributed by atoms with Gasteiger partial charge in [-0.25, -0.2) is 4.98 Å². The monoisotopic (exact) mass is 261 g/mol. The van der Waals surface area contributed by atoms with Crippen molar-refractivity contribution in [2.24, 2.45) is 0 Å².